The van der Waals surface area contributed by atoms with E-state index in [1.54, 1.807) is 27.7 Å². The summed E-state index contributed by atoms with van der Waals surface area (Å²) in [5.74, 6) is -1.75. The fraction of sp³-hybridized carbons (Fsp3) is 0.391. The molecule has 5 rings (SSSR count). The van der Waals surface area contributed by atoms with Gasteiger partial charge in [-0.15, -0.1) is 0 Å². The van der Waals surface area contributed by atoms with E-state index in [2.05, 4.69) is 53.8 Å². The number of carbonyl (C=O) groups excluding carboxylic acids is 3. The lowest BCUT2D eigenvalue weighted by atomic mass is 9.95. The normalized spacial score (nSPS) is 16.7. The van der Waals surface area contributed by atoms with Crippen LogP contribution in [0, 0.1) is 11.8 Å². The Balaban J connectivity index is 0.000000245. The number of hydrogen-bond donors (Lipinski definition) is 2. The largest absolute Gasteiger partial charge is 0.481 e. The van der Waals surface area contributed by atoms with Crippen LogP contribution in [-0.4, -0.2) is 57.4 Å². The van der Waals surface area contributed by atoms with Crippen molar-refractivity contribution in [1.82, 2.24) is 10.2 Å². The molecule has 9 nitrogen and oxygen atoms in total. The molecule has 9 heteroatoms. The molecule has 55 heavy (non-hydrogen) atoms. The molecular weight excluding hydrogens is 693 g/mol. The van der Waals surface area contributed by atoms with E-state index in [1.165, 1.54) is 10.5 Å². The molecule has 1 heterocycles. The Hall–Kier alpha value is -5.44. The standard InChI is InChI=1S/C23H29NO4.C23H27NO3/c1-16(21(25)26)14-20(24-22(27)28-23(2,3)4)15-17-10-12-19(13-11-17)18-8-6-5-7-9-18;1-16-14-20(24(21(16)25)22(26)27-23(2,3)4)15-17-10-12-19(13-11-17)18-8-6-5-7-9-18/h5-13,16,20H,14-15H2,1-4H3,(H,24,27)(H,25,26);5-13,16,20H,14-15H2,1-4H3/t16-,20+;16?,20-/m10/s1. The summed E-state index contributed by atoms with van der Waals surface area (Å²) in [7, 11) is 0. The first kappa shape index (κ1) is 42.3. The number of benzene rings is 4. The topological polar surface area (TPSA) is 122 Å². The minimum atomic E-state index is -0.879. The van der Waals surface area contributed by atoms with Crippen LogP contribution in [0.2, 0.25) is 0 Å². The summed E-state index contributed by atoms with van der Waals surface area (Å²) >= 11 is 0. The van der Waals surface area contributed by atoms with Gasteiger partial charge in [-0.25, -0.2) is 14.5 Å². The fourth-order valence-electron chi connectivity index (χ4n) is 6.44. The van der Waals surface area contributed by atoms with Crippen molar-refractivity contribution in [3.05, 3.63) is 120 Å². The number of imide groups is 1. The van der Waals surface area contributed by atoms with Crippen molar-refractivity contribution < 1.29 is 33.8 Å². The van der Waals surface area contributed by atoms with Crippen molar-refractivity contribution in [3.63, 3.8) is 0 Å². The number of ether oxygens (including phenoxy) is 2. The summed E-state index contributed by atoms with van der Waals surface area (Å²) in [4.78, 5) is 49.8. The highest BCUT2D eigenvalue weighted by molar-refractivity contribution is 5.95. The molecule has 3 amide bonds. The SMILES string of the molecule is CC1C[C@@H](Cc2ccc(-c3ccccc3)cc2)N(C(=O)OC(C)(C)C)C1=O.C[C@H](C[C@@H](Cc1ccc(-c2ccccc2)cc1)NC(=O)OC(C)(C)C)C(=O)O. The summed E-state index contributed by atoms with van der Waals surface area (Å²) < 4.78 is 10.8. The first-order valence-corrected chi connectivity index (χ1v) is 19.0. The van der Waals surface area contributed by atoms with Gasteiger partial charge in [-0.1, -0.05) is 123 Å². The highest BCUT2D eigenvalue weighted by atomic mass is 16.6. The zero-order valence-corrected chi connectivity index (χ0v) is 33.4. The van der Waals surface area contributed by atoms with Crippen molar-refractivity contribution in [3.8, 4) is 22.3 Å². The van der Waals surface area contributed by atoms with E-state index in [0.717, 1.165) is 27.8 Å². The van der Waals surface area contributed by atoms with Gasteiger partial charge < -0.3 is 19.9 Å². The molecule has 1 aliphatic heterocycles. The van der Waals surface area contributed by atoms with Gasteiger partial charge in [0.25, 0.3) is 0 Å². The van der Waals surface area contributed by atoms with Crippen LogP contribution < -0.4 is 5.32 Å². The summed E-state index contributed by atoms with van der Waals surface area (Å²) in [6, 6.07) is 36.2. The predicted octanol–water partition coefficient (Wildman–Crippen LogP) is 9.97. The van der Waals surface area contributed by atoms with Gasteiger partial charge in [0.15, 0.2) is 0 Å². The second-order valence-electron chi connectivity index (χ2n) is 16.3. The van der Waals surface area contributed by atoms with Crippen molar-refractivity contribution in [1.29, 1.82) is 0 Å². The Kier molecular flexibility index (Phi) is 14.4. The molecule has 1 unspecified atom stereocenters. The van der Waals surface area contributed by atoms with Crippen LogP contribution >= 0.6 is 0 Å². The average Bonchev–Trinajstić information content (AvgIpc) is 3.40. The maximum atomic E-state index is 12.5. The fourth-order valence-corrected chi connectivity index (χ4v) is 6.44. The number of hydrogen-bond acceptors (Lipinski definition) is 6. The van der Waals surface area contributed by atoms with Gasteiger partial charge in [-0.05, 0) is 101 Å². The van der Waals surface area contributed by atoms with Crippen LogP contribution in [0.4, 0.5) is 9.59 Å². The molecule has 0 bridgehead atoms. The molecule has 2 N–H and O–H groups in total. The molecular formula is C46H56N2O7. The van der Waals surface area contributed by atoms with Crippen LogP contribution in [0.3, 0.4) is 0 Å². The first-order valence-electron chi connectivity index (χ1n) is 19.0. The molecule has 292 valence electrons. The van der Waals surface area contributed by atoms with Crippen molar-refractivity contribution in [2.24, 2.45) is 11.8 Å². The molecule has 4 atom stereocenters. The Morgan fingerprint density at radius 1 is 0.727 bits per heavy atom. The van der Waals surface area contributed by atoms with Gasteiger partial charge >= 0.3 is 18.2 Å². The van der Waals surface area contributed by atoms with Crippen molar-refractivity contribution >= 4 is 24.1 Å². The number of alkyl carbamates (subject to hydrolysis) is 1. The minimum Gasteiger partial charge on any atom is -0.481 e. The number of aliphatic carboxylic acids is 1. The quantitative estimate of drug-likeness (QED) is 0.166. The van der Waals surface area contributed by atoms with Gasteiger partial charge in [0.1, 0.15) is 11.2 Å². The number of carboxylic acids is 1. The summed E-state index contributed by atoms with van der Waals surface area (Å²) in [5, 5.41) is 12.1. The second kappa shape index (κ2) is 18.7. The number of nitrogens with zero attached hydrogens (tertiary/aromatic N) is 1. The maximum absolute atomic E-state index is 12.5. The van der Waals surface area contributed by atoms with Crippen LogP contribution in [0.25, 0.3) is 22.3 Å². The molecule has 0 spiro atoms. The van der Waals surface area contributed by atoms with Gasteiger partial charge in [0.2, 0.25) is 5.91 Å². The van der Waals surface area contributed by atoms with Crippen LogP contribution in [-0.2, 0) is 31.9 Å². The molecule has 0 radical (unpaired) electrons. The van der Waals surface area contributed by atoms with E-state index in [-0.39, 0.29) is 23.9 Å². The first-order chi connectivity index (χ1) is 25.9. The van der Waals surface area contributed by atoms with E-state index in [0.29, 0.717) is 25.7 Å². The molecule has 0 aliphatic carbocycles. The Morgan fingerprint density at radius 3 is 1.64 bits per heavy atom. The van der Waals surface area contributed by atoms with E-state index in [1.807, 2.05) is 88.4 Å². The summed E-state index contributed by atoms with van der Waals surface area (Å²) in [5.41, 5.74) is 5.48. The number of carboxylic acid groups (broad SMARTS) is 1. The second-order valence-corrected chi connectivity index (χ2v) is 16.3. The zero-order valence-electron chi connectivity index (χ0n) is 33.4. The molecule has 4 aromatic carbocycles. The molecule has 0 saturated carbocycles. The lowest BCUT2D eigenvalue weighted by Crippen LogP contribution is -2.43. The van der Waals surface area contributed by atoms with E-state index >= 15 is 0 Å². The smallest absolute Gasteiger partial charge is 0.417 e. The third kappa shape index (κ3) is 13.4. The Morgan fingerprint density at radius 2 is 1.18 bits per heavy atom. The molecule has 1 aliphatic rings. The Bertz CT molecular complexity index is 1860. The number of amides is 3. The number of carbonyl (C=O) groups is 4. The van der Waals surface area contributed by atoms with E-state index < -0.39 is 35.3 Å². The highest BCUT2D eigenvalue weighted by Gasteiger charge is 2.42. The van der Waals surface area contributed by atoms with Gasteiger partial charge in [0.05, 0.1) is 5.92 Å². The average molecular weight is 749 g/mol. The summed E-state index contributed by atoms with van der Waals surface area (Å²) in [6.07, 6.45) is 1.10. The monoisotopic (exact) mass is 748 g/mol. The third-order valence-corrected chi connectivity index (χ3v) is 9.10. The molecule has 4 aromatic rings. The number of nitrogens with one attached hydrogen (secondary N) is 1. The Labute approximate surface area is 326 Å². The molecule has 1 saturated heterocycles. The zero-order chi connectivity index (χ0) is 40.3. The van der Waals surface area contributed by atoms with Crippen molar-refractivity contribution in [2.75, 3.05) is 0 Å². The third-order valence-electron chi connectivity index (χ3n) is 9.10. The maximum Gasteiger partial charge on any atom is 0.417 e. The van der Waals surface area contributed by atoms with Crippen molar-refractivity contribution in [2.45, 2.75) is 104 Å². The molecule has 0 aromatic heterocycles. The van der Waals surface area contributed by atoms with Crippen LogP contribution in [0.1, 0.15) is 79.4 Å². The summed E-state index contributed by atoms with van der Waals surface area (Å²) in [6.45, 7) is 14.3. The predicted molar refractivity (Wildman–Crippen MR) is 216 cm³/mol. The highest BCUT2D eigenvalue weighted by Crippen LogP contribution is 2.30. The van der Waals surface area contributed by atoms with Gasteiger partial charge in [-0.3, -0.25) is 9.59 Å². The van der Waals surface area contributed by atoms with Gasteiger partial charge in [-0.2, -0.15) is 0 Å². The minimum absolute atomic E-state index is 0.143. The lowest BCUT2D eigenvalue weighted by Gasteiger charge is -2.27. The number of likely N-dealkylation sites (tertiary alicyclic amines) is 1. The van der Waals surface area contributed by atoms with E-state index in [9.17, 15) is 24.3 Å². The van der Waals surface area contributed by atoms with Crippen LogP contribution in [0.5, 0.6) is 0 Å². The van der Waals surface area contributed by atoms with Gasteiger partial charge in [0, 0.05) is 18.0 Å². The molecule has 1 fully saturated rings. The lowest BCUT2D eigenvalue weighted by molar-refractivity contribution is -0.141. The van der Waals surface area contributed by atoms with E-state index in [4.69, 9.17) is 9.47 Å². The van der Waals surface area contributed by atoms with Crippen LogP contribution in [0.15, 0.2) is 109 Å². The number of rotatable bonds is 10.